The third-order valence-electron chi connectivity index (χ3n) is 3.82. The summed E-state index contributed by atoms with van der Waals surface area (Å²) >= 11 is 0. The maximum atomic E-state index is 12.6. The second-order valence-electron chi connectivity index (χ2n) is 6.10. The highest BCUT2D eigenvalue weighted by atomic mass is 16.2. The van der Waals surface area contributed by atoms with Crippen LogP contribution in [0.4, 0.5) is 5.69 Å². The topological polar surface area (TPSA) is 49.4 Å². The van der Waals surface area contributed by atoms with Gasteiger partial charge in [0, 0.05) is 11.9 Å². The van der Waals surface area contributed by atoms with Gasteiger partial charge in [0.25, 0.3) is 0 Å². The van der Waals surface area contributed by atoms with Gasteiger partial charge in [-0.05, 0) is 39.0 Å². The molecule has 1 N–H and O–H groups in total. The van der Waals surface area contributed by atoms with Crippen LogP contribution in [-0.4, -0.2) is 22.3 Å². The smallest absolute Gasteiger partial charge is 0.250 e. The molecule has 1 aromatic rings. The van der Waals surface area contributed by atoms with Crippen molar-refractivity contribution in [1.82, 2.24) is 4.90 Å². The van der Waals surface area contributed by atoms with Gasteiger partial charge in [-0.1, -0.05) is 36.8 Å². The van der Waals surface area contributed by atoms with Crippen LogP contribution in [0.25, 0.3) is 0 Å². The van der Waals surface area contributed by atoms with E-state index in [1.165, 1.54) is 4.90 Å². The fourth-order valence-electron chi connectivity index (χ4n) is 2.38. The largest absolute Gasteiger partial charge is 0.324 e. The molecule has 1 aliphatic heterocycles. The third kappa shape index (κ3) is 3.27. The molecule has 4 nitrogen and oxygen atoms in total. The van der Waals surface area contributed by atoms with E-state index >= 15 is 0 Å². The van der Waals surface area contributed by atoms with E-state index in [2.05, 4.69) is 5.32 Å². The minimum absolute atomic E-state index is 0.0821. The third-order valence-corrected chi connectivity index (χ3v) is 3.82. The van der Waals surface area contributed by atoms with Gasteiger partial charge in [-0.2, -0.15) is 0 Å². The number of anilines is 1. The lowest BCUT2D eigenvalue weighted by molar-refractivity contribution is -0.141. The predicted octanol–water partition coefficient (Wildman–Crippen LogP) is 3.34. The summed E-state index contributed by atoms with van der Waals surface area (Å²) in [4.78, 5) is 26.7. The van der Waals surface area contributed by atoms with Crippen LogP contribution in [0.5, 0.6) is 0 Å². The SMILES string of the molecule is CC1=CC(C)C(=O)N(C(C)(C)C(=O)Nc2ccccc2)C=C1. The van der Waals surface area contributed by atoms with Crippen LogP contribution in [-0.2, 0) is 9.59 Å². The van der Waals surface area contributed by atoms with Crippen molar-refractivity contribution in [2.45, 2.75) is 33.2 Å². The molecule has 1 unspecified atom stereocenters. The number of nitrogens with zero attached hydrogens (tertiary/aromatic N) is 1. The molecule has 0 spiro atoms. The van der Waals surface area contributed by atoms with Gasteiger partial charge < -0.3 is 10.2 Å². The van der Waals surface area contributed by atoms with Crippen LogP contribution in [0, 0.1) is 5.92 Å². The van der Waals surface area contributed by atoms with E-state index in [1.54, 1.807) is 20.0 Å². The maximum Gasteiger partial charge on any atom is 0.250 e. The number of amides is 2. The lowest BCUT2D eigenvalue weighted by Gasteiger charge is -2.35. The number of carbonyl (C=O) groups excluding carboxylic acids is 2. The number of benzene rings is 1. The summed E-state index contributed by atoms with van der Waals surface area (Å²) in [6.45, 7) is 7.29. The van der Waals surface area contributed by atoms with E-state index in [4.69, 9.17) is 0 Å². The first-order valence-corrected chi connectivity index (χ1v) is 7.38. The molecule has 4 heteroatoms. The van der Waals surface area contributed by atoms with Crippen LogP contribution in [0.1, 0.15) is 27.7 Å². The van der Waals surface area contributed by atoms with E-state index in [0.29, 0.717) is 5.69 Å². The van der Waals surface area contributed by atoms with Crippen molar-refractivity contribution in [3.05, 3.63) is 54.3 Å². The normalized spacial score (nSPS) is 18.7. The van der Waals surface area contributed by atoms with Crippen LogP contribution < -0.4 is 5.32 Å². The molecule has 0 aromatic heterocycles. The van der Waals surface area contributed by atoms with E-state index in [0.717, 1.165) is 5.57 Å². The molecule has 116 valence electrons. The second kappa shape index (κ2) is 6.18. The van der Waals surface area contributed by atoms with E-state index in [1.807, 2.05) is 56.3 Å². The summed E-state index contributed by atoms with van der Waals surface area (Å²) in [7, 11) is 0. The lowest BCUT2D eigenvalue weighted by Crippen LogP contribution is -2.53. The average molecular weight is 298 g/mol. The Morgan fingerprint density at radius 3 is 2.50 bits per heavy atom. The van der Waals surface area contributed by atoms with Gasteiger partial charge in [-0.3, -0.25) is 9.59 Å². The van der Waals surface area contributed by atoms with Crippen molar-refractivity contribution in [3.8, 4) is 0 Å². The minimum atomic E-state index is -0.976. The van der Waals surface area contributed by atoms with Gasteiger partial charge >= 0.3 is 0 Å². The van der Waals surface area contributed by atoms with Crippen LogP contribution in [0.3, 0.4) is 0 Å². The van der Waals surface area contributed by atoms with E-state index < -0.39 is 5.54 Å². The molecule has 2 rings (SSSR count). The molecule has 1 atom stereocenters. The number of hydrogen-bond donors (Lipinski definition) is 1. The molecule has 1 heterocycles. The Morgan fingerprint density at radius 1 is 1.23 bits per heavy atom. The molecule has 1 aromatic carbocycles. The van der Waals surface area contributed by atoms with Gasteiger partial charge in [-0.25, -0.2) is 0 Å². The zero-order chi connectivity index (χ0) is 16.3. The van der Waals surface area contributed by atoms with Crippen molar-refractivity contribution < 1.29 is 9.59 Å². The molecular weight excluding hydrogens is 276 g/mol. The van der Waals surface area contributed by atoms with Crippen LogP contribution in [0.2, 0.25) is 0 Å². The Kier molecular flexibility index (Phi) is 4.50. The monoisotopic (exact) mass is 298 g/mol. The van der Waals surface area contributed by atoms with Gasteiger partial charge in [0.05, 0.1) is 5.92 Å². The first kappa shape index (κ1) is 16.0. The number of carbonyl (C=O) groups is 2. The molecule has 1 aliphatic rings. The fourth-order valence-corrected chi connectivity index (χ4v) is 2.38. The van der Waals surface area contributed by atoms with Gasteiger partial charge in [-0.15, -0.1) is 0 Å². The lowest BCUT2D eigenvalue weighted by atomic mass is 9.99. The molecule has 0 fully saturated rings. The first-order chi connectivity index (χ1) is 10.3. The van der Waals surface area contributed by atoms with Crippen molar-refractivity contribution >= 4 is 17.5 Å². The van der Waals surface area contributed by atoms with Gasteiger partial charge in [0.15, 0.2) is 0 Å². The molecule has 0 saturated carbocycles. The quantitative estimate of drug-likeness (QED) is 0.930. The molecule has 2 amide bonds. The summed E-state index contributed by atoms with van der Waals surface area (Å²) < 4.78 is 0. The van der Waals surface area contributed by atoms with Crippen molar-refractivity contribution in [2.24, 2.45) is 5.92 Å². The molecule has 22 heavy (non-hydrogen) atoms. The fraction of sp³-hybridized carbons (Fsp3) is 0.333. The summed E-state index contributed by atoms with van der Waals surface area (Å²) in [6.07, 6.45) is 5.46. The summed E-state index contributed by atoms with van der Waals surface area (Å²) in [5, 5.41) is 2.86. The number of rotatable bonds is 3. The molecule has 0 aliphatic carbocycles. The highest BCUT2D eigenvalue weighted by Crippen LogP contribution is 2.24. The van der Waals surface area contributed by atoms with Crippen molar-refractivity contribution in [1.29, 1.82) is 0 Å². The molecular formula is C18H22N2O2. The Balaban J connectivity index is 2.23. The summed E-state index contributed by atoms with van der Waals surface area (Å²) in [5.74, 6) is -0.552. The number of hydrogen-bond acceptors (Lipinski definition) is 2. The second-order valence-corrected chi connectivity index (χ2v) is 6.10. The number of nitrogens with one attached hydrogen (secondary N) is 1. The number of allylic oxidation sites excluding steroid dienone is 2. The Bertz CT molecular complexity index is 630. The van der Waals surface area contributed by atoms with Gasteiger partial charge in [0.1, 0.15) is 5.54 Å². The van der Waals surface area contributed by atoms with Crippen LogP contribution >= 0.6 is 0 Å². The minimum Gasteiger partial charge on any atom is -0.324 e. The standard InChI is InChI=1S/C18H22N2O2/c1-13-10-11-20(16(21)14(2)12-13)18(3,4)17(22)19-15-8-6-5-7-9-15/h5-12,14H,1-4H3,(H,19,22). The Morgan fingerprint density at radius 2 is 1.86 bits per heavy atom. The molecule has 0 radical (unpaired) electrons. The van der Waals surface area contributed by atoms with E-state index in [9.17, 15) is 9.59 Å². The van der Waals surface area contributed by atoms with Crippen molar-refractivity contribution in [2.75, 3.05) is 5.32 Å². The summed E-state index contributed by atoms with van der Waals surface area (Å²) in [6, 6.07) is 9.24. The highest BCUT2D eigenvalue weighted by molar-refractivity contribution is 6.00. The predicted molar refractivity (Wildman–Crippen MR) is 88.1 cm³/mol. The average Bonchev–Trinajstić information content (AvgIpc) is 2.59. The zero-order valence-electron chi connectivity index (χ0n) is 13.5. The number of para-hydroxylation sites is 1. The zero-order valence-corrected chi connectivity index (χ0v) is 13.5. The van der Waals surface area contributed by atoms with Gasteiger partial charge in [0.2, 0.25) is 11.8 Å². The van der Waals surface area contributed by atoms with E-state index in [-0.39, 0.29) is 17.7 Å². The van der Waals surface area contributed by atoms with Crippen molar-refractivity contribution in [3.63, 3.8) is 0 Å². The highest BCUT2D eigenvalue weighted by Gasteiger charge is 2.38. The summed E-state index contributed by atoms with van der Waals surface area (Å²) in [5.41, 5.74) is 0.757. The Hall–Kier alpha value is -2.36. The van der Waals surface area contributed by atoms with Crippen LogP contribution in [0.15, 0.2) is 54.3 Å². The molecule has 0 bridgehead atoms. The maximum absolute atomic E-state index is 12.6. The first-order valence-electron chi connectivity index (χ1n) is 7.38. The Labute approximate surface area is 131 Å². The molecule has 0 saturated heterocycles.